The topological polar surface area (TPSA) is 91.4 Å². The second kappa shape index (κ2) is 9.47. The van der Waals surface area contributed by atoms with Crippen LogP contribution in [0.5, 0.6) is 23.0 Å². The fourth-order valence-corrected chi connectivity index (χ4v) is 5.46. The first-order valence-corrected chi connectivity index (χ1v) is 11.6. The number of methoxy groups -OCH3 is 4. The molecule has 8 nitrogen and oxygen atoms in total. The van der Waals surface area contributed by atoms with Gasteiger partial charge in [-0.1, -0.05) is 6.07 Å². The minimum atomic E-state index is -3.19. The van der Waals surface area contributed by atoms with Gasteiger partial charge in [0.2, 0.25) is 5.75 Å². The van der Waals surface area contributed by atoms with Crippen LogP contribution < -0.4 is 18.9 Å². The highest BCUT2D eigenvalue weighted by Gasteiger charge is 2.35. The van der Waals surface area contributed by atoms with Gasteiger partial charge in [-0.3, -0.25) is 4.79 Å². The summed E-state index contributed by atoms with van der Waals surface area (Å²) < 4.78 is 45.7. The first-order chi connectivity index (χ1) is 14.8. The third kappa shape index (κ3) is 5.04. The van der Waals surface area contributed by atoms with Crippen molar-refractivity contribution in [2.24, 2.45) is 0 Å². The quantitative estimate of drug-likeness (QED) is 0.612. The molecule has 1 saturated heterocycles. The highest BCUT2D eigenvalue weighted by molar-refractivity contribution is 7.91. The molecule has 3 rings (SSSR count). The van der Waals surface area contributed by atoms with Crippen LogP contribution in [0.3, 0.4) is 0 Å². The molecule has 2 aromatic carbocycles. The van der Waals surface area contributed by atoms with Gasteiger partial charge in [-0.15, -0.1) is 0 Å². The normalized spacial score (nSPS) is 17.1. The van der Waals surface area contributed by atoms with Crippen LogP contribution in [0.15, 0.2) is 36.4 Å². The fraction of sp³-hybridized carbons (Fsp3) is 0.409. The minimum Gasteiger partial charge on any atom is -0.497 e. The average Bonchev–Trinajstić information content (AvgIpc) is 3.15. The zero-order chi connectivity index (χ0) is 22.6. The summed E-state index contributed by atoms with van der Waals surface area (Å²) in [6.45, 7) is 0.187. The van der Waals surface area contributed by atoms with E-state index in [2.05, 4.69) is 0 Å². The minimum absolute atomic E-state index is 0.0624. The summed E-state index contributed by atoms with van der Waals surface area (Å²) in [6.07, 6.45) is 0.391. The molecule has 0 aliphatic carbocycles. The molecule has 1 aliphatic rings. The Bertz CT molecular complexity index is 1030. The second-order valence-electron chi connectivity index (χ2n) is 7.26. The van der Waals surface area contributed by atoms with Crippen LogP contribution in [0.4, 0.5) is 0 Å². The summed E-state index contributed by atoms with van der Waals surface area (Å²) in [5.74, 6) is 1.66. The largest absolute Gasteiger partial charge is 0.497 e. The molecule has 9 heteroatoms. The van der Waals surface area contributed by atoms with E-state index < -0.39 is 15.9 Å². The van der Waals surface area contributed by atoms with Gasteiger partial charge in [0, 0.05) is 18.2 Å². The lowest BCUT2D eigenvalue weighted by atomic mass is 10.1. The molecule has 168 valence electrons. The Kier molecular flexibility index (Phi) is 6.94. The number of amides is 1. The molecule has 1 fully saturated rings. The van der Waals surface area contributed by atoms with Crippen LogP contribution in [-0.2, 0) is 16.4 Å². The SMILES string of the molecule is COc1cccc(C(=O)N(Cc2cc(OC)c(OC)c(OC)c2)[C@H]2CCS(=O)(=O)C2)c1. The monoisotopic (exact) mass is 449 g/mol. The number of hydrogen-bond acceptors (Lipinski definition) is 7. The van der Waals surface area contributed by atoms with E-state index in [1.807, 2.05) is 0 Å². The smallest absolute Gasteiger partial charge is 0.254 e. The van der Waals surface area contributed by atoms with Crippen LogP contribution in [0, 0.1) is 0 Å². The number of sulfone groups is 1. The molecule has 0 radical (unpaired) electrons. The highest BCUT2D eigenvalue weighted by Crippen LogP contribution is 2.39. The maximum Gasteiger partial charge on any atom is 0.254 e. The van der Waals surface area contributed by atoms with Crippen molar-refractivity contribution in [3.8, 4) is 23.0 Å². The number of rotatable bonds is 8. The molecule has 1 aliphatic heterocycles. The van der Waals surface area contributed by atoms with E-state index in [1.54, 1.807) is 41.3 Å². The van der Waals surface area contributed by atoms with Crippen LogP contribution in [-0.4, -0.2) is 65.2 Å². The zero-order valence-electron chi connectivity index (χ0n) is 18.1. The molecule has 0 spiro atoms. The van der Waals surface area contributed by atoms with Gasteiger partial charge in [0.15, 0.2) is 21.3 Å². The summed E-state index contributed by atoms with van der Waals surface area (Å²) in [6, 6.07) is 9.91. The fourth-order valence-electron chi connectivity index (χ4n) is 3.73. The molecular weight excluding hydrogens is 422 g/mol. The summed E-state index contributed by atoms with van der Waals surface area (Å²) in [4.78, 5) is 15.0. The first-order valence-electron chi connectivity index (χ1n) is 9.76. The molecule has 0 unspecified atom stereocenters. The maximum atomic E-state index is 13.4. The molecule has 31 heavy (non-hydrogen) atoms. The molecule has 1 amide bonds. The van der Waals surface area contributed by atoms with E-state index in [-0.39, 0.29) is 24.0 Å². The lowest BCUT2D eigenvalue weighted by molar-refractivity contribution is 0.0680. The van der Waals surface area contributed by atoms with Gasteiger partial charge in [-0.25, -0.2) is 8.42 Å². The number of nitrogens with zero attached hydrogens (tertiary/aromatic N) is 1. The Balaban J connectivity index is 2.00. The number of benzene rings is 2. The van der Waals surface area contributed by atoms with Gasteiger partial charge in [0.1, 0.15) is 5.75 Å². The van der Waals surface area contributed by atoms with Crippen LogP contribution in [0.25, 0.3) is 0 Å². The van der Waals surface area contributed by atoms with Crippen LogP contribution in [0.1, 0.15) is 22.3 Å². The van der Waals surface area contributed by atoms with Gasteiger partial charge in [0.05, 0.1) is 39.9 Å². The molecule has 0 saturated carbocycles. The maximum absolute atomic E-state index is 13.4. The van der Waals surface area contributed by atoms with E-state index in [9.17, 15) is 13.2 Å². The summed E-state index contributed by atoms with van der Waals surface area (Å²) >= 11 is 0. The molecule has 1 heterocycles. The van der Waals surface area contributed by atoms with Crippen molar-refractivity contribution in [2.45, 2.75) is 19.0 Å². The van der Waals surface area contributed by atoms with E-state index in [0.29, 0.717) is 35.0 Å². The van der Waals surface area contributed by atoms with E-state index in [4.69, 9.17) is 18.9 Å². The molecule has 0 N–H and O–H groups in total. The van der Waals surface area contributed by atoms with Gasteiger partial charge >= 0.3 is 0 Å². The van der Waals surface area contributed by atoms with Gasteiger partial charge < -0.3 is 23.8 Å². The summed E-state index contributed by atoms with van der Waals surface area (Å²) in [5.41, 5.74) is 1.16. The second-order valence-corrected chi connectivity index (χ2v) is 9.48. The number of hydrogen-bond donors (Lipinski definition) is 0. The van der Waals surface area contributed by atoms with E-state index in [0.717, 1.165) is 5.56 Å². The average molecular weight is 450 g/mol. The van der Waals surface area contributed by atoms with Crippen molar-refractivity contribution in [1.82, 2.24) is 4.90 Å². The predicted octanol–water partition coefficient (Wildman–Crippen LogP) is 2.55. The van der Waals surface area contributed by atoms with Crippen molar-refractivity contribution >= 4 is 15.7 Å². The van der Waals surface area contributed by atoms with E-state index in [1.165, 1.54) is 28.4 Å². The van der Waals surface area contributed by atoms with Crippen molar-refractivity contribution in [2.75, 3.05) is 39.9 Å². The van der Waals surface area contributed by atoms with Crippen LogP contribution >= 0.6 is 0 Å². The van der Waals surface area contributed by atoms with Crippen molar-refractivity contribution in [1.29, 1.82) is 0 Å². The standard InChI is InChI=1S/C22H27NO7S/c1-27-18-7-5-6-16(12-18)22(24)23(17-8-9-31(25,26)14-17)13-15-10-19(28-2)21(30-4)20(11-15)29-3/h5-7,10-12,17H,8-9,13-14H2,1-4H3/t17-/m0/s1. The molecular formula is C22H27NO7S. The Labute approximate surface area is 182 Å². The van der Waals surface area contributed by atoms with Gasteiger partial charge in [0.25, 0.3) is 5.91 Å². The van der Waals surface area contributed by atoms with Crippen LogP contribution in [0.2, 0.25) is 0 Å². The zero-order valence-corrected chi connectivity index (χ0v) is 18.9. The Morgan fingerprint density at radius 2 is 1.68 bits per heavy atom. The first kappa shape index (κ1) is 22.7. The van der Waals surface area contributed by atoms with E-state index >= 15 is 0 Å². The summed E-state index contributed by atoms with van der Waals surface area (Å²) in [7, 11) is 2.89. The third-order valence-electron chi connectivity index (χ3n) is 5.30. The molecule has 0 bridgehead atoms. The summed E-state index contributed by atoms with van der Waals surface area (Å²) in [5, 5.41) is 0. The van der Waals surface area contributed by atoms with Gasteiger partial charge in [-0.05, 0) is 42.3 Å². The lowest BCUT2D eigenvalue weighted by Gasteiger charge is -2.29. The lowest BCUT2D eigenvalue weighted by Crippen LogP contribution is -2.40. The van der Waals surface area contributed by atoms with Crippen molar-refractivity contribution in [3.05, 3.63) is 47.5 Å². The van der Waals surface area contributed by atoms with Crippen molar-refractivity contribution < 1.29 is 32.2 Å². The number of carbonyl (C=O) groups excluding carboxylic acids is 1. The van der Waals surface area contributed by atoms with Crippen molar-refractivity contribution in [3.63, 3.8) is 0 Å². The molecule has 0 aromatic heterocycles. The predicted molar refractivity (Wildman–Crippen MR) is 116 cm³/mol. The molecule has 2 aromatic rings. The molecule has 1 atom stereocenters. The third-order valence-corrected chi connectivity index (χ3v) is 7.05. The van der Waals surface area contributed by atoms with Gasteiger partial charge in [-0.2, -0.15) is 0 Å². The highest BCUT2D eigenvalue weighted by atomic mass is 32.2. The Morgan fingerprint density at radius 3 is 2.19 bits per heavy atom. The Morgan fingerprint density at radius 1 is 1.00 bits per heavy atom. The Hall–Kier alpha value is -2.94. The number of ether oxygens (including phenoxy) is 4. The number of carbonyl (C=O) groups is 1.